The van der Waals surface area contributed by atoms with E-state index in [0.717, 1.165) is 17.3 Å². The summed E-state index contributed by atoms with van der Waals surface area (Å²) in [6.07, 6.45) is 1.90. The van der Waals surface area contributed by atoms with Crippen molar-refractivity contribution in [3.8, 4) is 0 Å². The first kappa shape index (κ1) is 13.7. The molecule has 2 aromatic carbocycles. The van der Waals surface area contributed by atoms with Crippen molar-refractivity contribution in [3.05, 3.63) is 77.4 Å². The van der Waals surface area contributed by atoms with E-state index in [1.807, 2.05) is 36.4 Å². The molecule has 0 amide bonds. The van der Waals surface area contributed by atoms with Crippen LogP contribution < -0.4 is 10.6 Å². The molecule has 0 aromatic heterocycles. The number of hydrogen-bond acceptors (Lipinski definition) is 1. The highest BCUT2D eigenvalue weighted by atomic mass is 32.1. The second-order valence-electron chi connectivity index (χ2n) is 4.70. The van der Waals surface area contributed by atoms with Crippen LogP contribution in [-0.2, 0) is 0 Å². The van der Waals surface area contributed by atoms with Crippen molar-refractivity contribution in [2.75, 3.05) is 0 Å². The summed E-state index contributed by atoms with van der Waals surface area (Å²) >= 11 is 5.19. The topological polar surface area (TPSA) is 24.1 Å². The summed E-state index contributed by atoms with van der Waals surface area (Å²) in [6, 6.07) is 13.2. The average Bonchev–Trinajstić information content (AvgIpc) is 2.50. The lowest BCUT2D eigenvalue weighted by molar-refractivity contribution is 0.506. The SMILES string of the molecule is Fc1ccc(C2C=C(c3ccccc3)NC(=S)N2)cc1F. The Bertz CT molecular complexity index is 713. The minimum atomic E-state index is -0.867. The normalized spacial score (nSPS) is 17.7. The molecule has 0 spiro atoms. The zero-order valence-electron chi connectivity index (χ0n) is 10.9. The summed E-state index contributed by atoms with van der Waals surface area (Å²) < 4.78 is 26.4. The van der Waals surface area contributed by atoms with Crippen LogP contribution in [0.15, 0.2) is 54.6 Å². The zero-order chi connectivity index (χ0) is 14.8. The molecule has 2 aromatic rings. The van der Waals surface area contributed by atoms with Gasteiger partial charge in [0.15, 0.2) is 16.7 Å². The van der Waals surface area contributed by atoms with Crippen molar-refractivity contribution in [2.45, 2.75) is 6.04 Å². The predicted octanol–water partition coefficient (Wildman–Crippen LogP) is 3.52. The van der Waals surface area contributed by atoms with Gasteiger partial charge in [0, 0.05) is 5.70 Å². The molecule has 0 saturated heterocycles. The number of halogens is 2. The number of rotatable bonds is 2. The number of nitrogens with one attached hydrogen (secondary N) is 2. The van der Waals surface area contributed by atoms with Crippen LogP contribution in [0.1, 0.15) is 17.2 Å². The van der Waals surface area contributed by atoms with E-state index in [2.05, 4.69) is 10.6 Å². The summed E-state index contributed by atoms with van der Waals surface area (Å²) in [7, 11) is 0. The van der Waals surface area contributed by atoms with Crippen LogP contribution in [0.5, 0.6) is 0 Å². The maximum Gasteiger partial charge on any atom is 0.171 e. The molecule has 0 fully saturated rings. The van der Waals surface area contributed by atoms with Crippen LogP contribution >= 0.6 is 12.2 Å². The third-order valence-electron chi connectivity index (χ3n) is 3.26. The van der Waals surface area contributed by atoms with E-state index in [4.69, 9.17) is 12.2 Å². The molecule has 0 saturated carbocycles. The number of thiocarbonyl (C=S) groups is 1. The maximum atomic E-state index is 13.4. The number of benzene rings is 2. The Balaban J connectivity index is 1.98. The summed E-state index contributed by atoms with van der Waals surface area (Å²) in [5.74, 6) is -1.73. The van der Waals surface area contributed by atoms with Crippen molar-refractivity contribution in [2.24, 2.45) is 0 Å². The molecule has 1 atom stereocenters. The largest absolute Gasteiger partial charge is 0.352 e. The van der Waals surface area contributed by atoms with Crippen LogP contribution in [0.2, 0.25) is 0 Å². The van der Waals surface area contributed by atoms with Crippen molar-refractivity contribution in [3.63, 3.8) is 0 Å². The quantitative estimate of drug-likeness (QED) is 0.830. The number of hydrogen-bond donors (Lipinski definition) is 2. The molecular formula is C16H12F2N2S. The molecule has 21 heavy (non-hydrogen) atoms. The lowest BCUT2D eigenvalue weighted by Crippen LogP contribution is -2.40. The molecule has 0 bridgehead atoms. The first-order valence-corrected chi connectivity index (χ1v) is 6.84. The molecule has 0 radical (unpaired) electrons. The van der Waals surface area contributed by atoms with Crippen LogP contribution in [0.3, 0.4) is 0 Å². The molecule has 106 valence electrons. The van der Waals surface area contributed by atoms with Crippen LogP contribution in [0.25, 0.3) is 5.70 Å². The van der Waals surface area contributed by atoms with Gasteiger partial charge in [0.05, 0.1) is 6.04 Å². The Morgan fingerprint density at radius 3 is 2.43 bits per heavy atom. The van der Waals surface area contributed by atoms with Gasteiger partial charge in [0.2, 0.25) is 0 Å². The van der Waals surface area contributed by atoms with E-state index in [-0.39, 0.29) is 6.04 Å². The average molecular weight is 302 g/mol. The highest BCUT2D eigenvalue weighted by Crippen LogP contribution is 2.24. The van der Waals surface area contributed by atoms with Gasteiger partial charge < -0.3 is 10.6 Å². The highest BCUT2D eigenvalue weighted by molar-refractivity contribution is 7.80. The van der Waals surface area contributed by atoms with Crippen LogP contribution in [0.4, 0.5) is 8.78 Å². The van der Waals surface area contributed by atoms with Crippen molar-refractivity contribution >= 4 is 23.0 Å². The molecule has 1 aliphatic heterocycles. The van der Waals surface area contributed by atoms with Gasteiger partial charge in [0.25, 0.3) is 0 Å². The summed E-state index contributed by atoms with van der Waals surface area (Å²) in [4.78, 5) is 0. The van der Waals surface area contributed by atoms with Gasteiger partial charge >= 0.3 is 0 Å². The fraction of sp³-hybridized carbons (Fsp3) is 0.0625. The Kier molecular flexibility index (Phi) is 3.66. The van der Waals surface area contributed by atoms with Gasteiger partial charge in [-0.1, -0.05) is 36.4 Å². The van der Waals surface area contributed by atoms with Crippen molar-refractivity contribution in [1.29, 1.82) is 0 Å². The molecular weight excluding hydrogens is 290 g/mol. The van der Waals surface area contributed by atoms with E-state index in [1.54, 1.807) is 6.07 Å². The maximum absolute atomic E-state index is 13.4. The molecule has 3 rings (SSSR count). The summed E-state index contributed by atoms with van der Waals surface area (Å²) in [5.41, 5.74) is 2.44. The Morgan fingerprint density at radius 2 is 1.71 bits per heavy atom. The smallest absolute Gasteiger partial charge is 0.171 e. The van der Waals surface area contributed by atoms with E-state index >= 15 is 0 Å². The van der Waals surface area contributed by atoms with Crippen molar-refractivity contribution in [1.82, 2.24) is 10.6 Å². The molecule has 2 N–H and O–H groups in total. The van der Waals surface area contributed by atoms with Gasteiger partial charge in [-0.25, -0.2) is 8.78 Å². The highest BCUT2D eigenvalue weighted by Gasteiger charge is 2.19. The first-order valence-electron chi connectivity index (χ1n) is 6.43. The Hall–Kier alpha value is -2.27. The Labute approximate surface area is 126 Å². The van der Waals surface area contributed by atoms with E-state index in [9.17, 15) is 8.78 Å². The third kappa shape index (κ3) is 2.92. The van der Waals surface area contributed by atoms with Crippen molar-refractivity contribution < 1.29 is 8.78 Å². The molecule has 2 nitrogen and oxygen atoms in total. The third-order valence-corrected chi connectivity index (χ3v) is 3.48. The monoisotopic (exact) mass is 302 g/mol. The molecule has 1 aliphatic rings. The van der Waals surface area contributed by atoms with E-state index in [0.29, 0.717) is 10.7 Å². The van der Waals surface area contributed by atoms with E-state index < -0.39 is 11.6 Å². The molecule has 5 heteroatoms. The summed E-state index contributed by atoms with van der Waals surface area (Å²) in [6.45, 7) is 0. The van der Waals surface area contributed by atoms with Gasteiger partial charge in [-0.2, -0.15) is 0 Å². The minimum absolute atomic E-state index is 0.302. The Morgan fingerprint density at radius 1 is 0.952 bits per heavy atom. The zero-order valence-corrected chi connectivity index (χ0v) is 11.8. The molecule has 1 heterocycles. The van der Waals surface area contributed by atoms with Gasteiger partial charge in [0.1, 0.15) is 0 Å². The van der Waals surface area contributed by atoms with Gasteiger partial charge in [-0.05, 0) is 41.6 Å². The predicted molar refractivity (Wildman–Crippen MR) is 82.4 cm³/mol. The van der Waals surface area contributed by atoms with Gasteiger partial charge in [-0.3, -0.25) is 0 Å². The minimum Gasteiger partial charge on any atom is -0.352 e. The second kappa shape index (κ2) is 5.61. The van der Waals surface area contributed by atoms with Crippen LogP contribution in [0, 0.1) is 11.6 Å². The molecule has 0 aliphatic carbocycles. The summed E-state index contributed by atoms with van der Waals surface area (Å²) in [5, 5.41) is 6.56. The fourth-order valence-electron chi connectivity index (χ4n) is 2.22. The van der Waals surface area contributed by atoms with Crippen LogP contribution in [-0.4, -0.2) is 5.11 Å². The lowest BCUT2D eigenvalue weighted by Gasteiger charge is -2.26. The lowest BCUT2D eigenvalue weighted by atomic mass is 10.0. The first-order chi connectivity index (χ1) is 10.1. The van der Waals surface area contributed by atoms with Gasteiger partial charge in [-0.15, -0.1) is 0 Å². The van der Waals surface area contributed by atoms with E-state index in [1.165, 1.54) is 6.07 Å². The fourth-order valence-corrected chi connectivity index (χ4v) is 2.46. The molecule has 1 unspecified atom stereocenters. The second-order valence-corrected chi connectivity index (χ2v) is 5.10. The standard InChI is InChI=1S/C16H12F2N2S/c17-12-7-6-11(8-13(12)18)15-9-14(19-16(21)20-15)10-4-2-1-3-5-10/h1-9,15H,(H2,19,20,21).